The number of carbonyl (C=O) groups is 3. The first-order valence-electron chi connectivity index (χ1n) is 14.8. The van der Waals surface area contributed by atoms with E-state index in [1.807, 2.05) is 31.2 Å². The molecule has 0 bridgehead atoms. The highest BCUT2D eigenvalue weighted by molar-refractivity contribution is 8.00. The maximum absolute atomic E-state index is 13.4. The van der Waals surface area contributed by atoms with Crippen molar-refractivity contribution in [2.75, 3.05) is 10.6 Å². The molecule has 10 heteroatoms. The lowest BCUT2D eigenvalue weighted by Gasteiger charge is -2.18. The number of aryl methyl sites for hydroxylation is 1. The summed E-state index contributed by atoms with van der Waals surface area (Å²) in [6.07, 6.45) is -2.95. The molecule has 0 saturated heterocycles. The quantitative estimate of drug-likeness (QED) is 0.103. The van der Waals surface area contributed by atoms with Crippen LogP contribution in [0.1, 0.15) is 37.9 Å². The van der Waals surface area contributed by atoms with Gasteiger partial charge in [-0.2, -0.15) is 13.2 Å². The average Bonchev–Trinajstić information content (AvgIpc) is 3.08. The van der Waals surface area contributed by atoms with Crippen LogP contribution in [0.2, 0.25) is 0 Å². The smallest absolute Gasteiger partial charge is 0.325 e. The largest absolute Gasteiger partial charge is 0.416 e. The molecule has 48 heavy (non-hydrogen) atoms. The normalized spacial score (nSPS) is 12.1. The van der Waals surface area contributed by atoms with E-state index in [0.29, 0.717) is 21.7 Å². The van der Waals surface area contributed by atoms with Gasteiger partial charge in [-0.1, -0.05) is 84.4 Å². The Bertz CT molecular complexity index is 1930. The lowest BCUT2D eigenvalue weighted by molar-refractivity contribution is -0.137. The second-order valence-electron chi connectivity index (χ2n) is 10.7. The van der Waals surface area contributed by atoms with Crippen molar-refractivity contribution in [3.05, 3.63) is 167 Å². The third-order valence-electron chi connectivity index (χ3n) is 7.05. The monoisotopic (exact) mass is 665 g/mol. The Morgan fingerprint density at radius 1 is 0.708 bits per heavy atom. The first-order valence-corrected chi connectivity index (χ1v) is 15.7. The van der Waals surface area contributed by atoms with E-state index in [2.05, 4.69) is 16.0 Å². The third kappa shape index (κ3) is 9.23. The lowest BCUT2D eigenvalue weighted by Crippen LogP contribution is -2.30. The van der Waals surface area contributed by atoms with Gasteiger partial charge in [-0.05, 0) is 78.7 Å². The van der Waals surface area contributed by atoms with Gasteiger partial charge in [0.1, 0.15) is 10.9 Å². The number of carbonyl (C=O) groups excluding carboxylic acids is 3. The van der Waals surface area contributed by atoms with Gasteiger partial charge in [0.2, 0.25) is 5.91 Å². The number of alkyl halides is 3. The van der Waals surface area contributed by atoms with Crippen LogP contribution in [0.5, 0.6) is 0 Å². The SMILES string of the molecule is Cc1cccc(/C=C(\NC(=O)c2ccccc2)C(=O)Nc2ccc(SC(C(=O)Nc3cccc(C(F)(F)F)c3)c3ccccc3)cc2)c1. The van der Waals surface area contributed by atoms with Gasteiger partial charge in [-0.15, -0.1) is 11.8 Å². The van der Waals surface area contributed by atoms with Crippen molar-refractivity contribution in [3.8, 4) is 0 Å². The van der Waals surface area contributed by atoms with Crippen LogP contribution in [0, 0.1) is 6.92 Å². The minimum absolute atomic E-state index is 0.0308. The zero-order valence-electron chi connectivity index (χ0n) is 25.6. The Morgan fingerprint density at radius 2 is 1.38 bits per heavy atom. The molecule has 0 aliphatic rings. The molecule has 1 unspecified atom stereocenters. The highest BCUT2D eigenvalue weighted by Crippen LogP contribution is 2.37. The summed E-state index contributed by atoms with van der Waals surface area (Å²) in [4.78, 5) is 40.5. The fraction of sp³-hybridized carbons (Fsp3) is 0.0789. The molecule has 0 aromatic heterocycles. The van der Waals surface area contributed by atoms with E-state index in [1.165, 1.54) is 23.9 Å². The van der Waals surface area contributed by atoms with Gasteiger partial charge in [-0.25, -0.2) is 0 Å². The second-order valence-corrected chi connectivity index (χ2v) is 11.9. The maximum atomic E-state index is 13.4. The predicted octanol–water partition coefficient (Wildman–Crippen LogP) is 8.90. The first-order chi connectivity index (χ1) is 23.0. The van der Waals surface area contributed by atoms with Crippen LogP contribution >= 0.6 is 11.8 Å². The molecule has 5 aromatic carbocycles. The number of nitrogens with one attached hydrogen (secondary N) is 3. The fourth-order valence-electron chi connectivity index (χ4n) is 4.70. The molecule has 6 nitrogen and oxygen atoms in total. The van der Waals surface area contributed by atoms with E-state index < -0.39 is 34.7 Å². The van der Waals surface area contributed by atoms with Crippen LogP contribution in [0.3, 0.4) is 0 Å². The van der Waals surface area contributed by atoms with E-state index >= 15 is 0 Å². The number of hydrogen-bond acceptors (Lipinski definition) is 4. The van der Waals surface area contributed by atoms with Crippen LogP contribution in [-0.4, -0.2) is 17.7 Å². The Morgan fingerprint density at radius 3 is 2.04 bits per heavy atom. The summed E-state index contributed by atoms with van der Waals surface area (Å²) in [7, 11) is 0. The average molecular weight is 666 g/mol. The zero-order valence-corrected chi connectivity index (χ0v) is 26.4. The van der Waals surface area contributed by atoms with Crippen molar-refractivity contribution in [3.63, 3.8) is 0 Å². The van der Waals surface area contributed by atoms with E-state index in [9.17, 15) is 27.6 Å². The van der Waals surface area contributed by atoms with Crippen molar-refractivity contribution in [1.82, 2.24) is 5.32 Å². The minimum atomic E-state index is -4.55. The molecule has 0 aliphatic carbocycles. The number of anilines is 2. The van der Waals surface area contributed by atoms with Crippen molar-refractivity contribution >= 4 is 46.9 Å². The van der Waals surface area contributed by atoms with Gasteiger partial charge in [-0.3, -0.25) is 14.4 Å². The van der Waals surface area contributed by atoms with E-state index in [-0.39, 0.29) is 11.4 Å². The molecule has 0 saturated carbocycles. The molecule has 5 aromatic rings. The van der Waals surface area contributed by atoms with Crippen LogP contribution in [0.4, 0.5) is 24.5 Å². The minimum Gasteiger partial charge on any atom is -0.325 e. The highest BCUT2D eigenvalue weighted by atomic mass is 32.2. The molecular weight excluding hydrogens is 635 g/mol. The number of rotatable bonds is 10. The fourth-order valence-corrected chi connectivity index (χ4v) is 5.73. The van der Waals surface area contributed by atoms with Crippen LogP contribution in [-0.2, 0) is 15.8 Å². The maximum Gasteiger partial charge on any atom is 0.416 e. The lowest BCUT2D eigenvalue weighted by atomic mass is 10.1. The molecule has 3 N–H and O–H groups in total. The summed E-state index contributed by atoms with van der Waals surface area (Å²) in [6, 6.07) is 36.2. The third-order valence-corrected chi connectivity index (χ3v) is 8.31. The molecule has 5 rings (SSSR count). The molecule has 0 fully saturated rings. The van der Waals surface area contributed by atoms with Crippen molar-refractivity contribution in [2.45, 2.75) is 23.2 Å². The van der Waals surface area contributed by atoms with Gasteiger partial charge in [0.05, 0.1) is 5.56 Å². The topological polar surface area (TPSA) is 87.3 Å². The Balaban J connectivity index is 1.33. The molecule has 1 atom stereocenters. The van der Waals surface area contributed by atoms with Gasteiger partial charge in [0.25, 0.3) is 11.8 Å². The van der Waals surface area contributed by atoms with Crippen molar-refractivity contribution in [1.29, 1.82) is 0 Å². The standard InChI is InChI=1S/C38H30F3N3O3S/c1-25-10-8-11-26(22-25)23-33(44-35(45)28-14-6-3-7-15-28)36(46)42-30-18-20-32(21-19-30)48-34(27-12-4-2-5-13-27)37(47)43-31-17-9-16-29(24-31)38(39,40)41/h2-24,34H,1H3,(H,42,46)(H,43,47)(H,44,45)/b33-23-. The molecule has 0 spiro atoms. The summed E-state index contributed by atoms with van der Waals surface area (Å²) in [5, 5.41) is 7.36. The molecule has 242 valence electrons. The van der Waals surface area contributed by atoms with E-state index in [1.54, 1.807) is 91.0 Å². The molecule has 0 radical (unpaired) electrons. The number of halogens is 3. The van der Waals surface area contributed by atoms with Gasteiger partial charge < -0.3 is 16.0 Å². The van der Waals surface area contributed by atoms with Gasteiger partial charge in [0.15, 0.2) is 0 Å². The molecule has 0 heterocycles. The van der Waals surface area contributed by atoms with Crippen molar-refractivity contribution < 1.29 is 27.6 Å². The summed E-state index contributed by atoms with van der Waals surface area (Å²) >= 11 is 1.21. The Labute approximate surface area is 280 Å². The summed E-state index contributed by atoms with van der Waals surface area (Å²) < 4.78 is 39.7. The Kier molecular flexibility index (Phi) is 10.8. The zero-order chi connectivity index (χ0) is 34.1. The second kappa shape index (κ2) is 15.3. The van der Waals surface area contributed by atoms with Gasteiger partial charge in [0, 0.05) is 21.8 Å². The molecule has 0 aliphatic heterocycles. The number of benzene rings is 5. The van der Waals surface area contributed by atoms with Crippen LogP contribution in [0.15, 0.2) is 144 Å². The number of hydrogen-bond donors (Lipinski definition) is 3. The highest BCUT2D eigenvalue weighted by Gasteiger charge is 2.31. The number of thioether (sulfide) groups is 1. The molecular formula is C38H30F3N3O3S. The van der Waals surface area contributed by atoms with E-state index in [0.717, 1.165) is 23.3 Å². The van der Waals surface area contributed by atoms with E-state index in [4.69, 9.17) is 0 Å². The first kappa shape index (κ1) is 33.7. The molecule has 3 amide bonds. The number of amides is 3. The van der Waals surface area contributed by atoms with Crippen LogP contribution < -0.4 is 16.0 Å². The summed E-state index contributed by atoms with van der Waals surface area (Å²) in [5.74, 6) is -1.47. The Hall–Kier alpha value is -5.61. The van der Waals surface area contributed by atoms with Gasteiger partial charge >= 0.3 is 6.18 Å². The van der Waals surface area contributed by atoms with Crippen LogP contribution in [0.25, 0.3) is 6.08 Å². The summed E-state index contributed by atoms with van der Waals surface area (Å²) in [6.45, 7) is 1.93. The predicted molar refractivity (Wildman–Crippen MR) is 183 cm³/mol. The van der Waals surface area contributed by atoms with Crippen molar-refractivity contribution in [2.24, 2.45) is 0 Å². The summed E-state index contributed by atoms with van der Waals surface area (Å²) in [5.41, 5.74) is 2.43.